The van der Waals surface area contributed by atoms with Gasteiger partial charge in [0.2, 0.25) is 5.91 Å². The fraction of sp³-hybridized carbons (Fsp3) is 0.222. The van der Waals surface area contributed by atoms with Gasteiger partial charge in [0.15, 0.2) is 0 Å². The molecule has 1 aliphatic rings. The number of hydrogen-bond donors (Lipinski definition) is 1. The van der Waals surface area contributed by atoms with Gasteiger partial charge in [-0.1, -0.05) is 0 Å². The van der Waals surface area contributed by atoms with Gasteiger partial charge in [-0.25, -0.2) is 0 Å². The van der Waals surface area contributed by atoms with Gasteiger partial charge in [0.05, 0.1) is 0 Å². The topological polar surface area (TPSA) is 54.4 Å². The molecular formula is C9H9N3O. The summed E-state index contributed by atoms with van der Waals surface area (Å²) >= 11 is 0. The van der Waals surface area contributed by atoms with Crippen LogP contribution < -0.4 is 5.32 Å². The predicted molar refractivity (Wildman–Crippen MR) is 48.5 cm³/mol. The normalized spacial score (nSPS) is 15.5. The maximum absolute atomic E-state index is 10.9. The highest BCUT2D eigenvalue weighted by Crippen LogP contribution is 2.07. The third kappa shape index (κ3) is 1.42. The highest BCUT2D eigenvalue weighted by atomic mass is 16.2. The minimum atomic E-state index is -0.0498. The molecule has 0 aromatic carbocycles. The molecule has 0 radical (unpaired) electrons. The van der Waals surface area contributed by atoms with Crippen molar-refractivity contribution in [1.29, 1.82) is 0 Å². The Morgan fingerprint density at radius 3 is 3.00 bits per heavy atom. The van der Waals surface area contributed by atoms with Crippen LogP contribution in [0, 0.1) is 6.92 Å². The maximum Gasteiger partial charge on any atom is 0.247 e. The Hall–Kier alpha value is -1.71. The van der Waals surface area contributed by atoms with Crippen LogP contribution in [0.25, 0.3) is 0 Å². The molecule has 0 bridgehead atoms. The summed E-state index contributed by atoms with van der Waals surface area (Å²) in [5.41, 5.74) is 1.96. The summed E-state index contributed by atoms with van der Waals surface area (Å²) in [6.07, 6.45) is 3.44. The molecule has 0 unspecified atom stereocenters. The van der Waals surface area contributed by atoms with E-state index in [1.54, 1.807) is 12.4 Å². The molecule has 1 amide bonds. The summed E-state index contributed by atoms with van der Waals surface area (Å²) in [6, 6.07) is 1.85. The van der Waals surface area contributed by atoms with Crippen molar-refractivity contribution in [2.75, 3.05) is 6.54 Å². The van der Waals surface area contributed by atoms with E-state index < -0.39 is 0 Å². The van der Waals surface area contributed by atoms with Crippen molar-refractivity contribution >= 4 is 11.7 Å². The van der Waals surface area contributed by atoms with Crippen LogP contribution in [-0.4, -0.2) is 23.3 Å². The fourth-order valence-electron chi connectivity index (χ4n) is 1.25. The maximum atomic E-state index is 10.9. The van der Waals surface area contributed by atoms with Gasteiger partial charge in [0.1, 0.15) is 12.4 Å². The molecule has 2 heterocycles. The molecule has 1 aromatic rings. The Kier molecular flexibility index (Phi) is 1.81. The molecule has 0 saturated carbocycles. The number of nitrogens with zero attached hydrogens (tertiary/aromatic N) is 2. The summed E-state index contributed by atoms with van der Waals surface area (Å²) in [7, 11) is 0. The van der Waals surface area contributed by atoms with E-state index in [0.29, 0.717) is 5.84 Å². The second-order valence-corrected chi connectivity index (χ2v) is 2.90. The van der Waals surface area contributed by atoms with Gasteiger partial charge in [0, 0.05) is 18.0 Å². The first-order chi connectivity index (χ1) is 6.27. The standard InChI is InChI=1S/C9H9N3O/c1-6-4-10-3-2-7(6)9-11-5-8(13)12-9/h2-4H,5H2,1H3,(H,11,12,13). The number of amidine groups is 1. The number of rotatable bonds is 1. The Morgan fingerprint density at radius 2 is 2.38 bits per heavy atom. The van der Waals surface area contributed by atoms with E-state index in [1.165, 1.54) is 0 Å². The molecule has 0 aliphatic carbocycles. The minimum absolute atomic E-state index is 0.0498. The first kappa shape index (κ1) is 7.91. The van der Waals surface area contributed by atoms with Crippen LogP contribution in [0.2, 0.25) is 0 Å². The summed E-state index contributed by atoms with van der Waals surface area (Å²) < 4.78 is 0. The van der Waals surface area contributed by atoms with Crippen molar-refractivity contribution in [2.45, 2.75) is 6.92 Å². The highest BCUT2D eigenvalue weighted by molar-refractivity contribution is 6.12. The van der Waals surface area contributed by atoms with Gasteiger partial charge in [-0.15, -0.1) is 0 Å². The van der Waals surface area contributed by atoms with E-state index in [1.807, 2.05) is 13.0 Å². The quantitative estimate of drug-likeness (QED) is 0.666. The third-order valence-corrected chi connectivity index (χ3v) is 1.91. The third-order valence-electron chi connectivity index (χ3n) is 1.91. The summed E-state index contributed by atoms with van der Waals surface area (Å²) in [5.74, 6) is 0.608. The molecule has 1 aromatic heterocycles. The SMILES string of the molecule is Cc1cnccc1C1=NCC(=O)N1. The van der Waals surface area contributed by atoms with E-state index in [2.05, 4.69) is 15.3 Å². The van der Waals surface area contributed by atoms with Crippen molar-refractivity contribution in [3.05, 3.63) is 29.6 Å². The van der Waals surface area contributed by atoms with Gasteiger partial charge in [-0.05, 0) is 18.6 Å². The van der Waals surface area contributed by atoms with Crippen LogP contribution in [-0.2, 0) is 4.79 Å². The molecule has 66 valence electrons. The smallest absolute Gasteiger partial charge is 0.247 e. The second-order valence-electron chi connectivity index (χ2n) is 2.90. The van der Waals surface area contributed by atoms with Crippen molar-refractivity contribution in [2.24, 2.45) is 4.99 Å². The number of pyridine rings is 1. The predicted octanol–water partition coefficient (Wildman–Crippen LogP) is 0.266. The Balaban J connectivity index is 2.37. The Morgan fingerprint density at radius 1 is 1.54 bits per heavy atom. The molecule has 2 rings (SSSR count). The lowest BCUT2D eigenvalue weighted by molar-refractivity contribution is -0.117. The van der Waals surface area contributed by atoms with E-state index in [9.17, 15) is 4.79 Å². The zero-order valence-corrected chi connectivity index (χ0v) is 7.24. The van der Waals surface area contributed by atoms with Crippen LogP contribution in [0.4, 0.5) is 0 Å². The average Bonchev–Trinajstić information content (AvgIpc) is 2.53. The van der Waals surface area contributed by atoms with Crippen molar-refractivity contribution in [1.82, 2.24) is 10.3 Å². The molecule has 1 aliphatic heterocycles. The number of aliphatic imine (C=N–C) groups is 1. The molecule has 0 spiro atoms. The molecule has 0 saturated heterocycles. The van der Waals surface area contributed by atoms with Gasteiger partial charge in [0.25, 0.3) is 0 Å². The first-order valence-corrected chi connectivity index (χ1v) is 4.02. The number of hydrogen-bond acceptors (Lipinski definition) is 3. The Labute approximate surface area is 75.7 Å². The number of amides is 1. The molecule has 4 heteroatoms. The number of nitrogens with one attached hydrogen (secondary N) is 1. The molecular weight excluding hydrogens is 166 g/mol. The number of carbonyl (C=O) groups is 1. The highest BCUT2D eigenvalue weighted by Gasteiger charge is 2.15. The van der Waals surface area contributed by atoms with E-state index in [4.69, 9.17) is 0 Å². The number of aromatic nitrogens is 1. The summed E-state index contributed by atoms with van der Waals surface area (Å²) in [4.78, 5) is 18.9. The van der Waals surface area contributed by atoms with Crippen molar-refractivity contribution < 1.29 is 4.79 Å². The van der Waals surface area contributed by atoms with Crippen LogP contribution in [0.15, 0.2) is 23.5 Å². The van der Waals surface area contributed by atoms with Gasteiger partial charge in [-0.2, -0.15) is 0 Å². The van der Waals surface area contributed by atoms with Gasteiger partial charge in [-0.3, -0.25) is 14.8 Å². The minimum Gasteiger partial charge on any atom is -0.309 e. The lowest BCUT2D eigenvalue weighted by Crippen LogP contribution is -2.25. The van der Waals surface area contributed by atoms with Crippen molar-refractivity contribution in [3.63, 3.8) is 0 Å². The van der Waals surface area contributed by atoms with Crippen LogP contribution in [0.5, 0.6) is 0 Å². The van der Waals surface area contributed by atoms with Crippen LogP contribution in [0.3, 0.4) is 0 Å². The Bertz CT molecular complexity index is 384. The zero-order chi connectivity index (χ0) is 9.26. The summed E-state index contributed by atoms with van der Waals surface area (Å²) in [6.45, 7) is 2.17. The molecule has 1 N–H and O–H groups in total. The number of aryl methyl sites for hydroxylation is 1. The van der Waals surface area contributed by atoms with Crippen molar-refractivity contribution in [3.8, 4) is 0 Å². The van der Waals surface area contributed by atoms with E-state index in [-0.39, 0.29) is 12.5 Å². The lowest BCUT2D eigenvalue weighted by Gasteiger charge is -2.03. The molecule has 0 atom stereocenters. The lowest BCUT2D eigenvalue weighted by atomic mass is 10.1. The van der Waals surface area contributed by atoms with E-state index >= 15 is 0 Å². The molecule has 13 heavy (non-hydrogen) atoms. The van der Waals surface area contributed by atoms with E-state index in [0.717, 1.165) is 11.1 Å². The monoisotopic (exact) mass is 175 g/mol. The second kappa shape index (κ2) is 2.97. The fourth-order valence-corrected chi connectivity index (χ4v) is 1.25. The van der Waals surface area contributed by atoms with Gasteiger partial charge >= 0.3 is 0 Å². The molecule has 0 fully saturated rings. The van der Waals surface area contributed by atoms with Crippen LogP contribution in [0.1, 0.15) is 11.1 Å². The molecule has 4 nitrogen and oxygen atoms in total. The van der Waals surface area contributed by atoms with Gasteiger partial charge < -0.3 is 5.32 Å². The zero-order valence-electron chi connectivity index (χ0n) is 7.24. The summed E-state index contributed by atoms with van der Waals surface area (Å²) in [5, 5.41) is 2.69. The largest absolute Gasteiger partial charge is 0.309 e. The van der Waals surface area contributed by atoms with Crippen LogP contribution >= 0.6 is 0 Å². The average molecular weight is 175 g/mol. The number of carbonyl (C=O) groups excluding carboxylic acids is 1. The first-order valence-electron chi connectivity index (χ1n) is 4.02.